The highest BCUT2D eigenvalue weighted by Gasteiger charge is 1.96. The number of para-hydroxylation sites is 2. The molecule has 0 N–H and O–H groups in total. The Bertz CT molecular complexity index is 659. The molecule has 0 aliphatic rings. The largest absolute Gasteiger partial charge is 0.248 e. The molecule has 0 atom stereocenters. The fourth-order valence-corrected chi connectivity index (χ4v) is 2.13. The minimum atomic E-state index is 1.06. The first-order valence-corrected chi connectivity index (χ1v) is 6.81. The van der Waals surface area contributed by atoms with Gasteiger partial charge in [0.2, 0.25) is 0 Å². The van der Waals surface area contributed by atoms with Crippen molar-refractivity contribution in [3.8, 4) is 0 Å². The van der Waals surface area contributed by atoms with E-state index in [9.17, 15) is 0 Å². The van der Waals surface area contributed by atoms with Gasteiger partial charge in [0.15, 0.2) is 0 Å². The van der Waals surface area contributed by atoms with Crippen LogP contribution in [0.5, 0.6) is 0 Å². The Hall–Kier alpha value is -2.33. The topological polar surface area (TPSA) is 38.7 Å². The smallest absolute Gasteiger partial charge is 0.103 e. The van der Waals surface area contributed by atoms with Crippen LogP contribution in [0.3, 0.4) is 0 Å². The molecule has 0 saturated heterocycles. The van der Waals surface area contributed by atoms with Crippen LogP contribution in [0.2, 0.25) is 0 Å². The molecule has 19 heavy (non-hydrogen) atoms. The number of rotatable bonds is 0. The SMILES string of the molecule is c1ccc2nc3ccccc3cc2c1.c1nncs1. The molecule has 92 valence electrons. The van der Waals surface area contributed by atoms with E-state index in [-0.39, 0.29) is 0 Å². The Morgan fingerprint density at radius 1 is 0.684 bits per heavy atom. The van der Waals surface area contributed by atoms with Gasteiger partial charge in [0.25, 0.3) is 0 Å². The highest BCUT2D eigenvalue weighted by molar-refractivity contribution is 7.07. The quantitative estimate of drug-likeness (QED) is 0.452. The second kappa shape index (κ2) is 5.54. The van der Waals surface area contributed by atoms with Gasteiger partial charge in [-0.15, -0.1) is 21.5 Å². The van der Waals surface area contributed by atoms with E-state index < -0.39 is 0 Å². The zero-order valence-electron chi connectivity index (χ0n) is 10.1. The Kier molecular flexibility index (Phi) is 3.42. The normalized spacial score (nSPS) is 10.1. The van der Waals surface area contributed by atoms with E-state index in [0.29, 0.717) is 0 Å². The lowest BCUT2D eigenvalue weighted by molar-refractivity contribution is 1.09. The number of aromatic nitrogens is 3. The van der Waals surface area contributed by atoms with Crippen molar-refractivity contribution >= 4 is 33.1 Å². The summed E-state index contributed by atoms with van der Waals surface area (Å²) < 4.78 is 0. The Morgan fingerprint density at radius 2 is 1.21 bits per heavy atom. The summed E-state index contributed by atoms with van der Waals surface area (Å²) in [4.78, 5) is 4.58. The third-order valence-corrected chi connectivity index (χ3v) is 3.14. The number of hydrogen-bond donors (Lipinski definition) is 0. The number of fused-ring (bicyclic) bond motifs is 2. The zero-order chi connectivity index (χ0) is 12.9. The van der Waals surface area contributed by atoms with Gasteiger partial charge in [-0.1, -0.05) is 36.4 Å². The second-order valence-electron chi connectivity index (χ2n) is 3.95. The zero-order valence-corrected chi connectivity index (χ0v) is 10.9. The van der Waals surface area contributed by atoms with Crippen LogP contribution in [0, 0.1) is 0 Å². The lowest BCUT2D eigenvalue weighted by Crippen LogP contribution is -1.80. The van der Waals surface area contributed by atoms with Crippen molar-refractivity contribution in [3.63, 3.8) is 0 Å². The highest BCUT2D eigenvalue weighted by Crippen LogP contribution is 2.18. The van der Waals surface area contributed by atoms with E-state index >= 15 is 0 Å². The van der Waals surface area contributed by atoms with Crippen LogP contribution >= 0.6 is 11.3 Å². The minimum Gasteiger partial charge on any atom is -0.248 e. The number of pyridine rings is 1. The molecule has 4 rings (SSSR count). The summed E-state index contributed by atoms with van der Waals surface area (Å²) in [6.45, 7) is 0. The Morgan fingerprint density at radius 3 is 1.68 bits per heavy atom. The molecule has 0 saturated carbocycles. The molecule has 0 amide bonds. The second-order valence-corrected chi connectivity index (χ2v) is 4.65. The number of hydrogen-bond acceptors (Lipinski definition) is 4. The van der Waals surface area contributed by atoms with Gasteiger partial charge in [-0.3, -0.25) is 0 Å². The van der Waals surface area contributed by atoms with E-state index in [2.05, 4.69) is 33.4 Å². The van der Waals surface area contributed by atoms with Crippen LogP contribution < -0.4 is 0 Å². The van der Waals surface area contributed by atoms with Gasteiger partial charge in [-0.2, -0.15) is 0 Å². The van der Waals surface area contributed by atoms with Gasteiger partial charge in [0, 0.05) is 10.8 Å². The van der Waals surface area contributed by atoms with E-state index in [4.69, 9.17) is 0 Å². The van der Waals surface area contributed by atoms with Crippen molar-refractivity contribution in [1.29, 1.82) is 0 Å². The number of nitrogens with zero attached hydrogens (tertiary/aromatic N) is 3. The lowest BCUT2D eigenvalue weighted by atomic mass is 10.1. The van der Waals surface area contributed by atoms with Crippen molar-refractivity contribution in [2.75, 3.05) is 0 Å². The molecule has 2 aromatic heterocycles. The van der Waals surface area contributed by atoms with Gasteiger partial charge in [0.05, 0.1) is 11.0 Å². The summed E-state index contributed by atoms with van der Waals surface area (Å²) >= 11 is 1.49. The van der Waals surface area contributed by atoms with Gasteiger partial charge in [-0.25, -0.2) is 4.98 Å². The molecule has 0 fully saturated rings. The average Bonchev–Trinajstić information content (AvgIpc) is 3.04. The first-order valence-electron chi connectivity index (χ1n) is 5.87. The predicted octanol–water partition coefficient (Wildman–Crippen LogP) is 3.93. The fraction of sp³-hybridized carbons (Fsp3) is 0. The van der Waals surface area contributed by atoms with Crippen molar-refractivity contribution in [1.82, 2.24) is 15.2 Å². The van der Waals surface area contributed by atoms with Crippen LogP contribution in [0.4, 0.5) is 0 Å². The molecular weight excluding hydrogens is 254 g/mol. The van der Waals surface area contributed by atoms with Crippen molar-refractivity contribution in [3.05, 3.63) is 65.6 Å². The fourth-order valence-electron chi connectivity index (χ4n) is 1.86. The van der Waals surface area contributed by atoms with Crippen LogP contribution in [-0.4, -0.2) is 15.2 Å². The molecule has 4 aromatic rings. The summed E-state index contributed by atoms with van der Waals surface area (Å²) in [5.41, 5.74) is 5.48. The molecule has 0 bridgehead atoms. The van der Waals surface area contributed by atoms with Gasteiger partial charge >= 0.3 is 0 Å². The van der Waals surface area contributed by atoms with Crippen LogP contribution in [0.15, 0.2) is 65.6 Å². The minimum absolute atomic E-state index is 1.06. The van der Waals surface area contributed by atoms with Gasteiger partial charge in [-0.05, 0) is 18.2 Å². The van der Waals surface area contributed by atoms with Gasteiger partial charge in [0.1, 0.15) is 11.0 Å². The summed E-state index contributed by atoms with van der Waals surface area (Å²) in [6, 6.07) is 18.6. The first-order chi connectivity index (χ1) is 9.43. The number of benzene rings is 2. The molecule has 4 heteroatoms. The first kappa shape index (κ1) is 11.7. The standard InChI is InChI=1S/C13H9N.C2H2N2S/c1-3-7-12-10(5-1)9-11-6-2-4-8-13(11)14-12;1-3-4-2-5-1/h1-9H;1-2H. The van der Waals surface area contributed by atoms with Crippen LogP contribution in [0.25, 0.3) is 21.8 Å². The van der Waals surface area contributed by atoms with Crippen molar-refractivity contribution < 1.29 is 0 Å². The molecule has 0 aliphatic carbocycles. The molecule has 2 aromatic carbocycles. The van der Waals surface area contributed by atoms with Crippen molar-refractivity contribution in [2.45, 2.75) is 0 Å². The summed E-state index contributed by atoms with van der Waals surface area (Å²) in [6.07, 6.45) is 0. The molecule has 0 aliphatic heterocycles. The predicted molar refractivity (Wildman–Crippen MR) is 79.2 cm³/mol. The molecule has 0 radical (unpaired) electrons. The van der Waals surface area contributed by atoms with Crippen LogP contribution in [-0.2, 0) is 0 Å². The van der Waals surface area contributed by atoms with Gasteiger partial charge < -0.3 is 0 Å². The van der Waals surface area contributed by atoms with Crippen LogP contribution in [0.1, 0.15) is 0 Å². The van der Waals surface area contributed by atoms with E-state index in [0.717, 1.165) is 11.0 Å². The maximum atomic E-state index is 4.58. The molecule has 3 nitrogen and oxygen atoms in total. The highest BCUT2D eigenvalue weighted by atomic mass is 32.1. The molecule has 0 unspecified atom stereocenters. The Balaban J connectivity index is 0.000000187. The third-order valence-electron chi connectivity index (χ3n) is 2.71. The lowest BCUT2D eigenvalue weighted by Gasteiger charge is -1.99. The molecule has 2 heterocycles. The molecular formula is C15H11N3S. The Labute approximate surface area is 114 Å². The van der Waals surface area contributed by atoms with E-state index in [1.165, 1.54) is 22.1 Å². The third kappa shape index (κ3) is 2.74. The average molecular weight is 265 g/mol. The maximum absolute atomic E-state index is 4.58. The molecule has 0 spiro atoms. The monoisotopic (exact) mass is 265 g/mol. The van der Waals surface area contributed by atoms with E-state index in [1.807, 2.05) is 36.4 Å². The van der Waals surface area contributed by atoms with E-state index in [1.54, 1.807) is 11.0 Å². The summed E-state index contributed by atoms with van der Waals surface area (Å²) in [5, 5.41) is 9.38. The summed E-state index contributed by atoms with van der Waals surface area (Å²) in [5.74, 6) is 0. The van der Waals surface area contributed by atoms with Crippen molar-refractivity contribution in [2.24, 2.45) is 0 Å². The maximum Gasteiger partial charge on any atom is 0.103 e. The summed E-state index contributed by atoms with van der Waals surface area (Å²) in [7, 11) is 0.